The Morgan fingerprint density at radius 3 is 2.92 bits per heavy atom. The van der Waals surface area contributed by atoms with E-state index in [0.717, 1.165) is 42.5 Å². The summed E-state index contributed by atoms with van der Waals surface area (Å²) >= 11 is 6.41. The lowest BCUT2D eigenvalue weighted by atomic mass is 10.0. The van der Waals surface area contributed by atoms with Crippen LogP contribution in [0.5, 0.6) is 0 Å². The lowest BCUT2D eigenvalue weighted by Gasteiger charge is -2.37. The fraction of sp³-hybridized carbons (Fsp3) is 0.316. The molecular weight excluding hydrogens is 322 g/mol. The molecule has 0 aliphatic carbocycles. The molecule has 2 N–H and O–H groups in total. The van der Waals surface area contributed by atoms with Crippen molar-refractivity contribution in [2.45, 2.75) is 19.5 Å². The number of anilines is 1. The third-order valence-electron chi connectivity index (χ3n) is 4.25. The van der Waals surface area contributed by atoms with Gasteiger partial charge in [0.2, 0.25) is 5.91 Å². The number of amides is 1. The fourth-order valence-corrected chi connectivity index (χ4v) is 3.43. The standard InChI is InChI=1S/C19H22ClN3O/c1-14(24)22-16-6-4-5-15(11-16)13-23-10-9-21-12-19(23)17-7-2-3-8-18(17)20/h2-8,11,19,21H,9-10,12-13H2,1H3,(H,22,24). The van der Waals surface area contributed by atoms with E-state index in [1.807, 2.05) is 36.4 Å². The van der Waals surface area contributed by atoms with Crippen molar-refractivity contribution in [1.82, 2.24) is 10.2 Å². The number of nitrogens with zero attached hydrogens (tertiary/aromatic N) is 1. The molecule has 0 radical (unpaired) electrons. The maximum absolute atomic E-state index is 11.2. The van der Waals surface area contributed by atoms with Crippen LogP contribution in [0.1, 0.15) is 24.1 Å². The molecule has 0 spiro atoms. The molecule has 0 bridgehead atoms. The molecule has 1 fully saturated rings. The number of piperazine rings is 1. The summed E-state index contributed by atoms with van der Waals surface area (Å²) in [4.78, 5) is 13.7. The van der Waals surface area contributed by atoms with Gasteiger partial charge in [0.05, 0.1) is 0 Å². The van der Waals surface area contributed by atoms with Crippen molar-refractivity contribution in [2.24, 2.45) is 0 Å². The molecular formula is C19H22ClN3O. The number of carbonyl (C=O) groups excluding carboxylic acids is 1. The number of carbonyl (C=O) groups is 1. The highest BCUT2D eigenvalue weighted by Crippen LogP contribution is 2.29. The normalized spacial score (nSPS) is 18.3. The second-order valence-electron chi connectivity index (χ2n) is 6.09. The number of hydrogen-bond acceptors (Lipinski definition) is 3. The Balaban J connectivity index is 1.79. The highest BCUT2D eigenvalue weighted by atomic mass is 35.5. The SMILES string of the molecule is CC(=O)Nc1cccc(CN2CCNCC2c2ccccc2Cl)c1. The van der Waals surface area contributed by atoms with Gasteiger partial charge in [0.25, 0.3) is 0 Å². The van der Waals surface area contributed by atoms with Gasteiger partial charge in [0, 0.05) is 49.9 Å². The van der Waals surface area contributed by atoms with E-state index in [2.05, 4.69) is 27.7 Å². The number of hydrogen-bond donors (Lipinski definition) is 2. The molecule has 126 valence electrons. The lowest BCUT2D eigenvalue weighted by Crippen LogP contribution is -2.45. The van der Waals surface area contributed by atoms with Crippen molar-refractivity contribution in [3.05, 3.63) is 64.7 Å². The molecule has 3 rings (SSSR count). The number of halogens is 1. The Morgan fingerprint density at radius 1 is 1.29 bits per heavy atom. The molecule has 4 nitrogen and oxygen atoms in total. The summed E-state index contributed by atoms with van der Waals surface area (Å²) in [6.45, 7) is 5.16. The van der Waals surface area contributed by atoms with E-state index in [0.29, 0.717) is 0 Å². The van der Waals surface area contributed by atoms with E-state index in [1.54, 1.807) is 0 Å². The molecule has 1 atom stereocenters. The molecule has 5 heteroatoms. The Labute approximate surface area is 147 Å². The summed E-state index contributed by atoms with van der Waals surface area (Å²) in [5, 5.41) is 7.11. The van der Waals surface area contributed by atoms with Crippen LogP contribution in [-0.4, -0.2) is 30.4 Å². The molecule has 1 unspecified atom stereocenters. The van der Waals surface area contributed by atoms with Crippen LogP contribution >= 0.6 is 11.6 Å². The molecule has 0 saturated carbocycles. The van der Waals surface area contributed by atoms with Gasteiger partial charge in [0.15, 0.2) is 0 Å². The molecule has 1 heterocycles. The molecule has 2 aromatic rings. The number of rotatable bonds is 4. The smallest absolute Gasteiger partial charge is 0.221 e. The fourth-order valence-electron chi connectivity index (χ4n) is 3.17. The van der Waals surface area contributed by atoms with E-state index < -0.39 is 0 Å². The van der Waals surface area contributed by atoms with Crippen LogP contribution in [-0.2, 0) is 11.3 Å². The van der Waals surface area contributed by atoms with Gasteiger partial charge in [-0.1, -0.05) is 41.9 Å². The van der Waals surface area contributed by atoms with E-state index in [9.17, 15) is 4.79 Å². The zero-order chi connectivity index (χ0) is 16.9. The maximum Gasteiger partial charge on any atom is 0.221 e. The van der Waals surface area contributed by atoms with Crippen LogP contribution in [0.25, 0.3) is 0 Å². The minimum absolute atomic E-state index is 0.0525. The van der Waals surface area contributed by atoms with Gasteiger partial charge in [-0.3, -0.25) is 9.69 Å². The average Bonchev–Trinajstić information content (AvgIpc) is 2.56. The zero-order valence-electron chi connectivity index (χ0n) is 13.8. The summed E-state index contributed by atoms with van der Waals surface area (Å²) in [7, 11) is 0. The predicted molar refractivity (Wildman–Crippen MR) is 98.2 cm³/mol. The Kier molecular flexibility index (Phi) is 5.51. The Morgan fingerprint density at radius 2 is 2.12 bits per heavy atom. The van der Waals surface area contributed by atoms with Crippen LogP contribution in [0.3, 0.4) is 0 Å². The van der Waals surface area contributed by atoms with E-state index in [1.165, 1.54) is 12.5 Å². The molecule has 2 aromatic carbocycles. The van der Waals surface area contributed by atoms with Gasteiger partial charge in [-0.2, -0.15) is 0 Å². The van der Waals surface area contributed by atoms with Gasteiger partial charge in [-0.25, -0.2) is 0 Å². The lowest BCUT2D eigenvalue weighted by molar-refractivity contribution is -0.114. The van der Waals surface area contributed by atoms with Crippen molar-refractivity contribution in [3.63, 3.8) is 0 Å². The topological polar surface area (TPSA) is 44.4 Å². The van der Waals surface area contributed by atoms with Gasteiger partial charge >= 0.3 is 0 Å². The van der Waals surface area contributed by atoms with Gasteiger partial charge in [0.1, 0.15) is 0 Å². The Hall–Kier alpha value is -1.88. The van der Waals surface area contributed by atoms with E-state index in [4.69, 9.17) is 11.6 Å². The maximum atomic E-state index is 11.2. The van der Waals surface area contributed by atoms with Gasteiger partial charge in [-0.05, 0) is 29.3 Å². The molecule has 1 saturated heterocycles. The zero-order valence-corrected chi connectivity index (χ0v) is 14.5. The highest BCUT2D eigenvalue weighted by Gasteiger charge is 2.25. The summed E-state index contributed by atoms with van der Waals surface area (Å²) < 4.78 is 0. The third-order valence-corrected chi connectivity index (χ3v) is 4.60. The molecule has 24 heavy (non-hydrogen) atoms. The molecule has 1 aliphatic rings. The summed E-state index contributed by atoms with van der Waals surface area (Å²) in [6.07, 6.45) is 0. The second-order valence-corrected chi connectivity index (χ2v) is 6.50. The van der Waals surface area contributed by atoms with Gasteiger partial charge < -0.3 is 10.6 Å². The minimum Gasteiger partial charge on any atom is -0.326 e. The third kappa shape index (κ3) is 4.15. The van der Waals surface area contributed by atoms with E-state index >= 15 is 0 Å². The van der Waals surface area contributed by atoms with E-state index in [-0.39, 0.29) is 11.9 Å². The van der Waals surface area contributed by atoms with Crippen LogP contribution in [0.4, 0.5) is 5.69 Å². The first-order valence-electron chi connectivity index (χ1n) is 8.19. The van der Waals surface area contributed by atoms with Crippen molar-refractivity contribution < 1.29 is 4.79 Å². The van der Waals surface area contributed by atoms with Crippen molar-refractivity contribution in [1.29, 1.82) is 0 Å². The summed E-state index contributed by atoms with van der Waals surface area (Å²) in [5.41, 5.74) is 3.18. The quantitative estimate of drug-likeness (QED) is 0.893. The van der Waals surface area contributed by atoms with Crippen LogP contribution < -0.4 is 10.6 Å². The average molecular weight is 344 g/mol. The summed E-state index contributed by atoms with van der Waals surface area (Å²) in [5.74, 6) is -0.0525. The van der Waals surface area contributed by atoms with Crippen LogP contribution in [0.2, 0.25) is 5.02 Å². The molecule has 1 amide bonds. The molecule has 0 aromatic heterocycles. The van der Waals surface area contributed by atoms with Crippen molar-refractivity contribution in [3.8, 4) is 0 Å². The molecule has 1 aliphatic heterocycles. The predicted octanol–water partition coefficient (Wildman–Crippen LogP) is 3.44. The van der Waals surface area contributed by atoms with Crippen molar-refractivity contribution >= 4 is 23.2 Å². The first-order valence-corrected chi connectivity index (χ1v) is 8.57. The highest BCUT2D eigenvalue weighted by molar-refractivity contribution is 6.31. The largest absolute Gasteiger partial charge is 0.326 e. The van der Waals surface area contributed by atoms with Crippen molar-refractivity contribution in [2.75, 3.05) is 25.0 Å². The minimum atomic E-state index is -0.0525. The van der Waals surface area contributed by atoms with Crippen LogP contribution in [0.15, 0.2) is 48.5 Å². The number of nitrogens with one attached hydrogen (secondary N) is 2. The van der Waals surface area contributed by atoms with Crippen LogP contribution in [0, 0.1) is 0 Å². The first kappa shape index (κ1) is 17.0. The van der Waals surface area contributed by atoms with Gasteiger partial charge in [-0.15, -0.1) is 0 Å². The summed E-state index contributed by atoms with van der Waals surface area (Å²) in [6, 6.07) is 16.3. The Bertz CT molecular complexity index is 719. The first-order chi connectivity index (χ1) is 11.6. The number of benzene rings is 2. The monoisotopic (exact) mass is 343 g/mol. The second kappa shape index (κ2) is 7.79.